The third kappa shape index (κ3) is 5.85. The van der Waals surface area contributed by atoms with E-state index >= 15 is 0 Å². The van der Waals surface area contributed by atoms with Crippen molar-refractivity contribution >= 4 is 17.6 Å². The number of nitrogens with one attached hydrogen (secondary N) is 1. The van der Waals surface area contributed by atoms with Gasteiger partial charge in [-0.2, -0.15) is 0 Å². The lowest BCUT2D eigenvalue weighted by molar-refractivity contribution is -0.129. The molecular weight excluding hydrogens is 306 g/mol. The Hall–Kier alpha value is -2.08. The number of anilines is 1. The second kappa shape index (κ2) is 7.66. The Labute approximate surface area is 143 Å². The van der Waals surface area contributed by atoms with Gasteiger partial charge in [0, 0.05) is 24.7 Å². The minimum absolute atomic E-state index is 0.101. The van der Waals surface area contributed by atoms with Crippen LogP contribution in [0.15, 0.2) is 24.3 Å². The highest BCUT2D eigenvalue weighted by atomic mass is 16.5. The van der Waals surface area contributed by atoms with Crippen LogP contribution < -0.4 is 11.1 Å². The molecule has 1 aromatic carbocycles. The highest BCUT2D eigenvalue weighted by molar-refractivity contribution is 5.88. The molecule has 0 aliphatic carbocycles. The summed E-state index contributed by atoms with van der Waals surface area (Å²) in [6, 6.07) is 6.59. The van der Waals surface area contributed by atoms with Crippen molar-refractivity contribution in [3.8, 4) is 0 Å². The number of benzene rings is 1. The lowest BCUT2D eigenvalue weighted by Crippen LogP contribution is -2.31. The van der Waals surface area contributed by atoms with Gasteiger partial charge in [-0.05, 0) is 44.9 Å². The van der Waals surface area contributed by atoms with Crippen molar-refractivity contribution in [3.63, 3.8) is 0 Å². The second-order valence-corrected chi connectivity index (χ2v) is 7.28. The second-order valence-electron chi connectivity index (χ2n) is 7.28. The number of carbonyl (C=O) groups is 2. The summed E-state index contributed by atoms with van der Waals surface area (Å²) < 4.78 is 5.82. The van der Waals surface area contributed by atoms with Gasteiger partial charge in [-0.1, -0.05) is 12.1 Å². The summed E-state index contributed by atoms with van der Waals surface area (Å²) in [5.41, 5.74) is 6.43. The fourth-order valence-corrected chi connectivity index (χ4v) is 2.75. The van der Waals surface area contributed by atoms with Crippen molar-refractivity contribution in [2.45, 2.75) is 39.2 Å². The first-order chi connectivity index (χ1) is 11.2. The number of primary amides is 1. The molecule has 132 valence electrons. The first-order valence-electron chi connectivity index (χ1n) is 8.30. The number of likely N-dealkylation sites (tertiary alicyclic amines) is 1. The van der Waals surface area contributed by atoms with Gasteiger partial charge in [-0.15, -0.1) is 0 Å². The summed E-state index contributed by atoms with van der Waals surface area (Å²) in [5.74, 6) is 0.500. The van der Waals surface area contributed by atoms with Crippen molar-refractivity contribution < 1.29 is 14.3 Å². The summed E-state index contributed by atoms with van der Waals surface area (Å²) in [5, 5.41) is 2.52. The third-order valence-corrected chi connectivity index (χ3v) is 3.94. The number of urea groups is 1. The third-order valence-electron chi connectivity index (χ3n) is 3.94. The zero-order chi connectivity index (χ0) is 17.7. The van der Waals surface area contributed by atoms with E-state index in [1.165, 1.54) is 0 Å². The van der Waals surface area contributed by atoms with E-state index < -0.39 is 6.03 Å². The molecule has 6 heteroatoms. The highest BCUT2D eigenvalue weighted by Gasteiger charge is 2.27. The molecule has 1 fully saturated rings. The van der Waals surface area contributed by atoms with Crippen molar-refractivity contribution in [1.29, 1.82) is 0 Å². The molecule has 0 aromatic heterocycles. The van der Waals surface area contributed by atoms with Crippen LogP contribution in [-0.4, -0.2) is 42.1 Å². The van der Waals surface area contributed by atoms with Crippen LogP contribution in [0, 0.1) is 5.92 Å². The summed E-state index contributed by atoms with van der Waals surface area (Å²) in [4.78, 5) is 25.3. The van der Waals surface area contributed by atoms with Crippen LogP contribution in [-0.2, 0) is 16.0 Å². The minimum atomic E-state index is -0.611. The number of carbonyl (C=O) groups excluding carboxylic acids is 2. The van der Waals surface area contributed by atoms with E-state index in [1.807, 2.05) is 31.7 Å². The van der Waals surface area contributed by atoms with Gasteiger partial charge in [0.15, 0.2) is 0 Å². The largest absolute Gasteiger partial charge is 0.376 e. The lowest BCUT2D eigenvalue weighted by atomic mass is 10.1. The van der Waals surface area contributed by atoms with E-state index in [4.69, 9.17) is 10.5 Å². The van der Waals surface area contributed by atoms with E-state index in [0.29, 0.717) is 24.6 Å². The maximum Gasteiger partial charge on any atom is 0.316 e. The Bertz CT molecular complexity index is 595. The topological polar surface area (TPSA) is 84.7 Å². The predicted octanol–water partition coefficient (Wildman–Crippen LogP) is 2.38. The van der Waals surface area contributed by atoms with Crippen LogP contribution in [0.5, 0.6) is 0 Å². The molecule has 6 nitrogen and oxygen atoms in total. The number of rotatable bonds is 5. The smallest absolute Gasteiger partial charge is 0.316 e. The van der Waals surface area contributed by atoms with E-state index in [0.717, 1.165) is 25.1 Å². The molecule has 0 spiro atoms. The number of ether oxygens (including phenoxy) is 1. The van der Waals surface area contributed by atoms with Gasteiger partial charge in [-0.3, -0.25) is 4.79 Å². The molecule has 1 aliphatic rings. The molecule has 3 amide bonds. The van der Waals surface area contributed by atoms with Crippen LogP contribution >= 0.6 is 0 Å². The van der Waals surface area contributed by atoms with Crippen LogP contribution in [0.25, 0.3) is 0 Å². The normalized spacial score (nSPS) is 17.8. The Morgan fingerprint density at radius 2 is 2.12 bits per heavy atom. The van der Waals surface area contributed by atoms with Gasteiger partial charge < -0.3 is 20.7 Å². The monoisotopic (exact) mass is 333 g/mol. The van der Waals surface area contributed by atoms with Gasteiger partial charge >= 0.3 is 6.03 Å². The summed E-state index contributed by atoms with van der Waals surface area (Å²) >= 11 is 0. The van der Waals surface area contributed by atoms with E-state index in [2.05, 4.69) is 5.32 Å². The van der Waals surface area contributed by atoms with Crippen LogP contribution in [0.4, 0.5) is 10.5 Å². The van der Waals surface area contributed by atoms with E-state index in [-0.39, 0.29) is 11.5 Å². The number of nitrogens with two attached hydrogens (primary N) is 1. The van der Waals surface area contributed by atoms with Gasteiger partial charge in [0.2, 0.25) is 5.91 Å². The Balaban J connectivity index is 1.86. The van der Waals surface area contributed by atoms with Crippen LogP contribution in [0.1, 0.15) is 32.8 Å². The maximum atomic E-state index is 12.5. The Morgan fingerprint density at radius 3 is 2.79 bits per heavy atom. The molecule has 1 atom stereocenters. The maximum absolute atomic E-state index is 12.5. The molecular formula is C18H27N3O3. The average Bonchev–Trinajstić information content (AvgIpc) is 2.93. The first kappa shape index (κ1) is 18.3. The summed E-state index contributed by atoms with van der Waals surface area (Å²) in [6.07, 6.45) is 1.30. The standard InChI is InChI=1S/C18H27N3O3/c1-18(2,3)24-12-14-7-8-21(11-14)16(22)10-13-5-4-6-15(9-13)20-17(19)23/h4-6,9,14H,7-8,10-12H2,1-3H3,(H3,19,20,23). The summed E-state index contributed by atoms with van der Waals surface area (Å²) in [7, 11) is 0. The van der Waals surface area contributed by atoms with Crippen molar-refractivity contribution in [2.24, 2.45) is 11.7 Å². The Kier molecular flexibility index (Phi) is 5.83. The van der Waals surface area contributed by atoms with Gasteiger partial charge in [-0.25, -0.2) is 4.79 Å². The van der Waals surface area contributed by atoms with E-state index in [1.54, 1.807) is 18.2 Å². The zero-order valence-electron chi connectivity index (χ0n) is 14.7. The van der Waals surface area contributed by atoms with Gasteiger partial charge in [0.05, 0.1) is 18.6 Å². The van der Waals surface area contributed by atoms with E-state index in [9.17, 15) is 9.59 Å². The van der Waals surface area contributed by atoms with Crippen LogP contribution in [0.2, 0.25) is 0 Å². The number of amides is 3. The quantitative estimate of drug-likeness (QED) is 0.867. The van der Waals surface area contributed by atoms with Gasteiger partial charge in [0.1, 0.15) is 0 Å². The molecule has 1 aliphatic heterocycles. The van der Waals surface area contributed by atoms with Crippen molar-refractivity contribution in [2.75, 3.05) is 25.0 Å². The highest BCUT2D eigenvalue weighted by Crippen LogP contribution is 2.20. The molecule has 2 rings (SSSR count). The van der Waals surface area contributed by atoms with Crippen LogP contribution in [0.3, 0.4) is 0 Å². The van der Waals surface area contributed by atoms with Crippen molar-refractivity contribution in [1.82, 2.24) is 4.90 Å². The SMILES string of the molecule is CC(C)(C)OCC1CCN(C(=O)Cc2cccc(NC(N)=O)c2)C1. The molecule has 24 heavy (non-hydrogen) atoms. The molecule has 3 N–H and O–H groups in total. The average molecular weight is 333 g/mol. The predicted molar refractivity (Wildman–Crippen MR) is 93.7 cm³/mol. The number of hydrogen-bond donors (Lipinski definition) is 2. The van der Waals surface area contributed by atoms with Crippen molar-refractivity contribution in [3.05, 3.63) is 29.8 Å². The molecule has 0 radical (unpaired) electrons. The molecule has 1 heterocycles. The minimum Gasteiger partial charge on any atom is -0.376 e. The number of nitrogens with zero attached hydrogens (tertiary/aromatic N) is 1. The van der Waals surface area contributed by atoms with Gasteiger partial charge in [0.25, 0.3) is 0 Å². The summed E-state index contributed by atoms with van der Waals surface area (Å²) in [6.45, 7) is 8.32. The molecule has 1 unspecified atom stereocenters. The zero-order valence-corrected chi connectivity index (χ0v) is 14.7. The molecule has 1 saturated heterocycles. The first-order valence-corrected chi connectivity index (χ1v) is 8.30. The molecule has 0 bridgehead atoms. The number of hydrogen-bond acceptors (Lipinski definition) is 3. The lowest BCUT2D eigenvalue weighted by Gasteiger charge is -2.22. The fraction of sp³-hybridized carbons (Fsp3) is 0.556. The molecule has 1 aromatic rings. The fourth-order valence-electron chi connectivity index (χ4n) is 2.75. The Morgan fingerprint density at radius 1 is 1.38 bits per heavy atom. The molecule has 0 saturated carbocycles.